The first kappa shape index (κ1) is 19.7. The molecule has 0 aliphatic carbocycles. The molecule has 0 amide bonds. The maximum absolute atomic E-state index is 14.2. The SMILES string of the molecule is N#Cc1c(F)cc(OC(F)(F)F)cc1N1CCc2cc(CCC=O)ccc2C1. The molecule has 1 aliphatic rings. The average molecular weight is 392 g/mol. The zero-order chi connectivity index (χ0) is 20.3. The number of rotatable bonds is 5. The Morgan fingerprint density at radius 3 is 2.68 bits per heavy atom. The number of alkyl halides is 3. The first-order valence-electron chi connectivity index (χ1n) is 8.59. The van der Waals surface area contributed by atoms with E-state index >= 15 is 0 Å². The van der Waals surface area contributed by atoms with Crippen LogP contribution < -0.4 is 9.64 Å². The summed E-state index contributed by atoms with van der Waals surface area (Å²) >= 11 is 0. The van der Waals surface area contributed by atoms with Gasteiger partial charge >= 0.3 is 6.36 Å². The molecule has 0 saturated carbocycles. The van der Waals surface area contributed by atoms with E-state index in [-0.39, 0.29) is 11.3 Å². The summed E-state index contributed by atoms with van der Waals surface area (Å²) in [6, 6.07) is 9.11. The molecule has 0 aromatic heterocycles. The van der Waals surface area contributed by atoms with Crippen molar-refractivity contribution >= 4 is 12.0 Å². The Bertz CT molecular complexity index is 935. The molecule has 0 radical (unpaired) electrons. The second-order valence-electron chi connectivity index (χ2n) is 6.44. The zero-order valence-corrected chi connectivity index (χ0v) is 14.7. The van der Waals surface area contributed by atoms with Gasteiger partial charge < -0.3 is 14.4 Å². The monoisotopic (exact) mass is 392 g/mol. The fourth-order valence-electron chi connectivity index (χ4n) is 3.31. The standard InChI is InChI=1S/C20H16F4N2O2/c21-18-9-16(28-20(22,23)24)10-19(17(18)11-25)26-6-5-14-8-13(2-1-7-27)3-4-15(14)12-26/h3-4,7-10H,1-2,5-6,12H2. The van der Waals surface area contributed by atoms with Gasteiger partial charge in [0.2, 0.25) is 0 Å². The van der Waals surface area contributed by atoms with E-state index in [1.807, 2.05) is 18.2 Å². The number of ether oxygens (including phenoxy) is 1. The number of hydrogen-bond acceptors (Lipinski definition) is 4. The molecule has 1 heterocycles. The quantitative estimate of drug-likeness (QED) is 0.563. The first-order chi connectivity index (χ1) is 13.3. The van der Waals surface area contributed by atoms with Crippen LogP contribution in [0.1, 0.15) is 28.7 Å². The number of fused-ring (bicyclic) bond motifs is 1. The third kappa shape index (κ3) is 4.42. The van der Waals surface area contributed by atoms with Crippen LogP contribution >= 0.6 is 0 Å². The van der Waals surface area contributed by atoms with E-state index in [0.717, 1.165) is 29.0 Å². The molecule has 4 nitrogen and oxygen atoms in total. The highest BCUT2D eigenvalue weighted by Gasteiger charge is 2.32. The minimum absolute atomic E-state index is 0.0671. The average Bonchev–Trinajstić information content (AvgIpc) is 2.64. The summed E-state index contributed by atoms with van der Waals surface area (Å²) in [7, 11) is 0. The van der Waals surface area contributed by atoms with Gasteiger partial charge in [0.1, 0.15) is 29.5 Å². The molecule has 0 N–H and O–H groups in total. The maximum atomic E-state index is 14.2. The fraction of sp³-hybridized carbons (Fsp3) is 0.300. The molecule has 2 aromatic rings. The van der Waals surface area contributed by atoms with Crippen LogP contribution in [0.3, 0.4) is 0 Å². The van der Waals surface area contributed by atoms with Crippen molar-refractivity contribution in [3.8, 4) is 11.8 Å². The lowest BCUT2D eigenvalue weighted by Crippen LogP contribution is -2.31. The van der Waals surface area contributed by atoms with Gasteiger partial charge in [-0.2, -0.15) is 5.26 Å². The van der Waals surface area contributed by atoms with Gasteiger partial charge in [-0.25, -0.2) is 4.39 Å². The molecule has 0 unspecified atom stereocenters. The second kappa shape index (κ2) is 7.89. The molecule has 28 heavy (non-hydrogen) atoms. The van der Waals surface area contributed by atoms with Crippen LogP contribution in [-0.4, -0.2) is 19.2 Å². The van der Waals surface area contributed by atoms with Crippen molar-refractivity contribution in [1.82, 2.24) is 0 Å². The smallest absolute Gasteiger partial charge is 0.406 e. The molecule has 0 fully saturated rings. The van der Waals surface area contributed by atoms with E-state index in [1.165, 1.54) is 0 Å². The largest absolute Gasteiger partial charge is 0.573 e. The predicted octanol–water partition coefficient (Wildman–Crippen LogP) is 4.29. The molecule has 3 rings (SSSR count). The van der Waals surface area contributed by atoms with Crippen molar-refractivity contribution in [3.63, 3.8) is 0 Å². The van der Waals surface area contributed by atoms with E-state index in [2.05, 4.69) is 4.74 Å². The Kier molecular flexibility index (Phi) is 5.54. The highest BCUT2D eigenvalue weighted by Crippen LogP contribution is 2.34. The molecule has 0 spiro atoms. The topological polar surface area (TPSA) is 53.3 Å². The number of carbonyl (C=O) groups excluding carboxylic acids is 1. The van der Waals surface area contributed by atoms with Crippen molar-refractivity contribution in [2.75, 3.05) is 11.4 Å². The summed E-state index contributed by atoms with van der Waals surface area (Å²) in [6.45, 7) is 0.737. The summed E-state index contributed by atoms with van der Waals surface area (Å²) in [4.78, 5) is 12.2. The normalized spacial score (nSPS) is 13.6. The predicted molar refractivity (Wildman–Crippen MR) is 93.4 cm³/mol. The van der Waals surface area contributed by atoms with Crippen LogP contribution in [0, 0.1) is 17.1 Å². The van der Waals surface area contributed by atoms with Gasteiger partial charge in [-0.05, 0) is 29.5 Å². The summed E-state index contributed by atoms with van der Waals surface area (Å²) < 4.78 is 55.5. The number of aldehydes is 1. The molecule has 8 heteroatoms. The van der Waals surface area contributed by atoms with E-state index in [1.54, 1.807) is 11.0 Å². The van der Waals surface area contributed by atoms with Crippen molar-refractivity contribution in [2.24, 2.45) is 0 Å². The molecule has 0 atom stereocenters. The Balaban J connectivity index is 1.90. The van der Waals surface area contributed by atoms with E-state index in [0.29, 0.717) is 38.4 Å². The summed E-state index contributed by atoms with van der Waals surface area (Å²) in [5, 5.41) is 9.26. The van der Waals surface area contributed by atoms with Crippen LogP contribution in [0.2, 0.25) is 0 Å². The van der Waals surface area contributed by atoms with Gasteiger partial charge in [0.15, 0.2) is 0 Å². The van der Waals surface area contributed by atoms with Gasteiger partial charge in [-0.3, -0.25) is 0 Å². The Labute approximate surface area is 158 Å². The number of aryl methyl sites for hydroxylation is 1. The fourth-order valence-corrected chi connectivity index (χ4v) is 3.31. The van der Waals surface area contributed by atoms with Crippen molar-refractivity contribution in [2.45, 2.75) is 32.2 Å². The minimum Gasteiger partial charge on any atom is -0.406 e. The van der Waals surface area contributed by atoms with Crippen LogP contribution in [0.4, 0.5) is 23.2 Å². The Hall–Kier alpha value is -3.08. The van der Waals surface area contributed by atoms with Crippen LogP contribution in [0.25, 0.3) is 0 Å². The van der Waals surface area contributed by atoms with Gasteiger partial charge in [-0.1, -0.05) is 18.2 Å². The van der Waals surface area contributed by atoms with Crippen LogP contribution in [0.15, 0.2) is 30.3 Å². The first-order valence-corrected chi connectivity index (χ1v) is 8.59. The highest BCUT2D eigenvalue weighted by molar-refractivity contribution is 5.64. The zero-order valence-electron chi connectivity index (χ0n) is 14.7. The van der Waals surface area contributed by atoms with E-state index in [9.17, 15) is 27.6 Å². The third-order valence-corrected chi connectivity index (χ3v) is 4.56. The van der Waals surface area contributed by atoms with Crippen LogP contribution in [0.5, 0.6) is 5.75 Å². The number of carbonyl (C=O) groups is 1. The van der Waals surface area contributed by atoms with E-state index < -0.39 is 17.9 Å². The number of anilines is 1. The number of hydrogen-bond donors (Lipinski definition) is 0. The number of halogens is 4. The molecule has 0 bridgehead atoms. The van der Waals surface area contributed by atoms with Gasteiger partial charge in [0.05, 0.1) is 5.69 Å². The number of benzene rings is 2. The summed E-state index contributed by atoms with van der Waals surface area (Å²) in [5.41, 5.74) is 2.79. The Morgan fingerprint density at radius 2 is 2.00 bits per heavy atom. The molecule has 2 aromatic carbocycles. The van der Waals surface area contributed by atoms with Crippen molar-refractivity contribution < 1.29 is 27.1 Å². The second-order valence-corrected chi connectivity index (χ2v) is 6.44. The van der Waals surface area contributed by atoms with Gasteiger partial charge in [0, 0.05) is 31.6 Å². The van der Waals surface area contributed by atoms with Crippen LogP contribution in [-0.2, 0) is 24.2 Å². The number of nitriles is 1. The summed E-state index contributed by atoms with van der Waals surface area (Å²) in [5.74, 6) is -1.76. The van der Waals surface area contributed by atoms with Crippen molar-refractivity contribution in [3.05, 3.63) is 58.4 Å². The van der Waals surface area contributed by atoms with Crippen molar-refractivity contribution in [1.29, 1.82) is 5.26 Å². The number of nitrogens with zero attached hydrogens (tertiary/aromatic N) is 2. The molecular formula is C20H16F4N2O2. The molecule has 1 aliphatic heterocycles. The minimum atomic E-state index is -4.95. The lowest BCUT2D eigenvalue weighted by Gasteiger charge is -2.32. The maximum Gasteiger partial charge on any atom is 0.573 e. The lowest BCUT2D eigenvalue weighted by molar-refractivity contribution is -0.274. The molecule has 146 valence electrons. The molecular weight excluding hydrogens is 376 g/mol. The van der Waals surface area contributed by atoms with Gasteiger partial charge in [0.25, 0.3) is 0 Å². The Morgan fingerprint density at radius 1 is 1.21 bits per heavy atom. The van der Waals surface area contributed by atoms with Gasteiger partial charge in [-0.15, -0.1) is 13.2 Å². The third-order valence-electron chi connectivity index (χ3n) is 4.56. The van der Waals surface area contributed by atoms with E-state index in [4.69, 9.17) is 0 Å². The molecule has 0 saturated heterocycles. The highest BCUT2D eigenvalue weighted by atomic mass is 19.4. The lowest BCUT2D eigenvalue weighted by atomic mass is 9.95. The summed E-state index contributed by atoms with van der Waals surface area (Å²) in [6.07, 6.45) is -2.44.